The van der Waals surface area contributed by atoms with E-state index in [0.29, 0.717) is 13.0 Å². The molecule has 6 nitrogen and oxygen atoms in total. The summed E-state index contributed by atoms with van der Waals surface area (Å²) in [6, 6.07) is 1.78. The van der Waals surface area contributed by atoms with Crippen molar-refractivity contribution in [3.05, 3.63) is 18.0 Å². The summed E-state index contributed by atoms with van der Waals surface area (Å²) in [5.41, 5.74) is 0.835. The fraction of sp³-hybridized carbons (Fsp3) is 0.545. The van der Waals surface area contributed by atoms with Crippen molar-refractivity contribution in [1.82, 2.24) is 20.0 Å². The van der Waals surface area contributed by atoms with E-state index in [4.69, 9.17) is 0 Å². The minimum Gasteiger partial charge on any atom is -0.347 e. The fourth-order valence-electron chi connectivity index (χ4n) is 1.94. The molecule has 1 atom stereocenters. The largest absolute Gasteiger partial charge is 0.347 e. The fourth-order valence-corrected chi connectivity index (χ4v) is 1.94. The number of nitrogens with one attached hydrogen (secondary N) is 1. The first kappa shape index (κ1) is 11.6. The summed E-state index contributed by atoms with van der Waals surface area (Å²) in [6.07, 6.45) is 2.18. The van der Waals surface area contributed by atoms with Gasteiger partial charge in [0.2, 0.25) is 11.8 Å². The molecule has 6 heteroatoms. The van der Waals surface area contributed by atoms with Gasteiger partial charge in [0.05, 0.1) is 18.8 Å². The first-order valence-corrected chi connectivity index (χ1v) is 5.61. The van der Waals surface area contributed by atoms with Gasteiger partial charge in [0, 0.05) is 25.7 Å². The maximum absolute atomic E-state index is 11.9. The van der Waals surface area contributed by atoms with Crippen LogP contribution in [0.5, 0.6) is 0 Å². The molecule has 1 aliphatic heterocycles. The quantitative estimate of drug-likeness (QED) is 0.763. The van der Waals surface area contributed by atoms with E-state index in [1.807, 2.05) is 26.2 Å². The van der Waals surface area contributed by atoms with E-state index in [9.17, 15) is 9.59 Å². The van der Waals surface area contributed by atoms with Crippen LogP contribution in [0.2, 0.25) is 0 Å². The third kappa shape index (κ3) is 2.64. The van der Waals surface area contributed by atoms with Crippen molar-refractivity contribution in [3.63, 3.8) is 0 Å². The number of rotatable bonds is 2. The van der Waals surface area contributed by atoms with Crippen LogP contribution in [0.25, 0.3) is 0 Å². The summed E-state index contributed by atoms with van der Waals surface area (Å²) >= 11 is 0. The van der Waals surface area contributed by atoms with Crippen molar-refractivity contribution >= 4 is 11.8 Å². The van der Waals surface area contributed by atoms with Gasteiger partial charge in [0.25, 0.3) is 0 Å². The number of hydrogen-bond acceptors (Lipinski definition) is 3. The number of hydrogen-bond donors (Lipinski definition) is 1. The highest BCUT2D eigenvalue weighted by atomic mass is 16.2. The Hall–Kier alpha value is -1.85. The Bertz CT molecular complexity index is 440. The summed E-state index contributed by atoms with van der Waals surface area (Å²) < 4.78 is 1.70. The average Bonchev–Trinajstić information content (AvgIpc) is 2.63. The second kappa shape index (κ2) is 4.57. The van der Waals surface area contributed by atoms with Crippen LogP contribution in [0, 0.1) is 0 Å². The van der Waals surface area contributed by atoms with Gasteiger partial charge in [-0.2, -0.15) is 5.10 Å². The van der Waals surface area contributed by atoms with Crippen LogP contribution in [0.4, 0.5) is 0 Å². The molecular weight excluding hydrogens is 220 g/mol. The molecule has 0 saturated carbocycles. The van der Waals surface area contributed by atoms with Crippen molar-refractivity contribution in [2.75, 3.05) is 6.54 Å². The van der Waals surface area contributed by atoms with E-state index in [-0.39, 0.29) is 24.4 Å². The zero-order valence-corrected chi connectivity index (χ0v) is 10.0. The first-order chi connectivity index (χ1) is 8.06. The number of amides is 2. The number of nitrogens with zero attached hydrogens (tertiary/aromatic N) is 3. The molecule has 1 aromatic heterocycles. The van der Waals surface area contributed by atoms with Crippen LogP contribution >= 0.6 is 0 Å². The highest BCUT2D eigenvalue weighted by Crippen LogP contribution is 2.11. The molecule has 2 amide bonds. The highest BCUT2D eigenvalue weighted by molar-refractivity contribution is 5.87. The molecule has 2 rings (SSSR count). The lowest BCUT2D eigenvalue weighted by Crippen LogP contribution is -2.39. The minimum atomic E-state index is -0.0907. The lowest BCUT2D eigenvalue weighted by atomic mass is 10.2. The smallest absolute Gasteiger partial charge is 0.242 e. The normalized spacial score (nSPS) is 21.3. The van der Waals surface area contributed by atoms with E-state index in [2.05, 4.69) is 10.4 Å². The monoisotopic (exact) mass is 236 g/mol. The second-order valence-electron chi connectivity index (χ2n) is 4.33. The predicted molar refractivity (Wildman–Crippen MR) is 60.8 cm³/mol. The zero-order chi connectivity index (χ0) is 12.4. The number of carbonyl (C=O) groups excluding carboxylic acids is 2. The van der Waals surface area contributed by atoms with Crippen LogP contribution < -0.4 is 5.32 Å². The van der Waals surface area contributed by atoms with Crippen LogP contribution in [-0.4, -0.2) is 39.1 Å². The van der Waals surface area contributed by atoms with E-state index >= 15 is 0 Å². The van der Waals surface area contributed by atoms with Crippen molar-refractivity contribution in [2.45, 2.75) is 25.9 Å². The van der Waals surface area contributed by atoms with Gasteiger partial charge in [0.1, 0.15) is 0 Å². The molecule has 2 heterocycles. The molecule has 0 spiro atoms. The van der Waals surface area contributed by atoms with Gasteiger partial charge in [-0.1, -0.05) is 0 Å². The standard InChI is InChI=1S/C11H16N4O2/c1-8-5-10(16)12-6-11(17)15(8)7-9-3-4-14(2)13-9/h3-4,8H,5-7H2,1-2H3,(H,12,16). The molecule has 0 radical (unpaired) electrons. The van der Waals surface area contributed by atoms with Gasteiger partial charge in [-0.15, -0.1) is 0 Å². The summed E-state index contributed by atoms with van der Waals surface area (Å²) in [4.78, 5) is 24.9. The Balaban J connectivity index is 2.12. The van der Waals surface area contributed by atoms with Gasteiger partial charge >= 0.3 is 0 Å². The molecule has 0 bridgehead atoms. The van der Waals surface area contributed by atoms with Crippen molar-refractivity contribution in [3.8, 4) is 0 Å². The van der Waals surface area contributed by atoms with Gasteiger partial charge in [-0.25, -0.2) is 0 Å². The van der Waals surface area contributed by atoms with E-state index < -0.39 is 0 Å². The Kier molecular flexibility index (Phi) is 3.12. The zero-order valence-electron chi connectivity index (χ0n) is 10.0. The lowest BCUT2D eigenvalue weighted by Gasteiger charge is -2.25. The SMILES string of the molecule is CC1CC(=O)NCC(=O)N1Cc1ccn(C)n1. The van der Waals surface area contributed by atoms with Crippen molar-refractivity contribution in [1.29, 1.82) is 0 Å². The molecule has 17 heavy (non-hydrogen) atoms. The summed E-state index contributed by atoms with van der Waals surface area (Å²) in [7, 11) is 1.84. The third-order valence-corrected chi connectivity index (χ3v) is 2.87. The Morgan fingerprint density at radius 1 is 1.53 bits per heavy atom. The third-order valence-electron chi connectivity index (χ3n) is 2.87. The second-order valence-corrected chi connectivity index (χ2v) is 4.33. The van der Waals surface area contributed by atoms with Crippen LogP contribution in [0.1, 0.15) is 19.0 Å². The van der Waals surface area contributed by atoms with Crippen molar-refractivity contribution in [2.24, 2.45) is 7.05 Å². The molecule has 1 fully saturated rings. The summed E-state index contributed by atoms with van der Waals surface area (Å²) in [6.45, 7) is 2.41. The Morgan fingerprint density at radius 3 is 2.94 bits per heavy atom. The van der Waals surface area contributed by atoms with Gasteiger partial charge in [0.15, 0.2) is 0 Å². The maximum Gasteiger partial charge on any atom is 0.242 e. The maximum atomic E-state index is 11.9. The number of aryl methyl sites for hydroxylation is 1. The van der Waals surface area contributed by atoms with Crippen LogP contribution in [-0.2, 0) is 23.2 Å². The molecule has 0 aliphatic carbocycles. The van der Waals surface area contributed by atoms with Gasteiger partial charge < -0.3 is 10.2 Å². The van der Waals surface area contributed by atoms with Crippen LogP contribution in [0.15, 0.2) is 12.3 Å². The molecule has 1 N–H and O–H groups in total. The molecular formula is C11H16N4O2. The first-order valence-electron chi connectivity index (χ1n) is 5.61. The van der Waals surface area contributed by atoms with E-state index in [0.717, 1.165) is 5.69 Å². The van der Waals surface area contributed by atoms with Crippen molar-refractivity contribution < 1.29 is 9.59 Å². The topological polar surface area (TPSA) is 67.2 Å². The summed E-state index contributed by atoms with van der Waals surface area (Å²) in [5, 5.41) is 6.83. The molecule has 1 unspecified atom stereocenters. The van der Waals surface area contributed by atoms with E-state index in [1.165, 1.54) is 0 Å². The molecule has 1 aromatic rings. The minimum absolute atomic E-state index is 0.0611. The molecule has 0 aromatic carbocycles. The highest BCUT2D eigenvalue weighted by Gasteiger charge is 2.26. The molecule has 92 valence electrons. The van der Waals surface area contributed by atoms with Gasteiger partial charge in [-0.05, 0) is 13.0 Å². The van der Waals surface area contributed by atoms with E-state index in [1.54, 1.807) is 9.58 Å². The predicted octanol–water partition coefficient (Wildman–Crippen LogP) is -0.343. The van der Waals surface area contributed by atoms with Gasteiger partial charge in [-0.3, -0.25) is 14.3 Å². The Morgan fingerprint density at radius 2 is 2.29 bits per heavy atom. The lowest BCUT2D eigenvalue weighted by molar-refractivity contribution is -0.132. The number of carbonyl (C=O) groups is 2. The average molecular weight is 236 g/mol. The molecule has 1 aliphatic rings. The number of aromatic nitrogens is 2. The Labute approximate surface area is 99.6 Å². The molecule has 1 saturated heterocycles. The van der Waals surface area contributed by atoms with Crippen LogP contribution in [0.3, 0.4) is 0 Å². The summed E-state index contributed by atoms with van der Waals surface area (Å²) in [5.74, 6) is -0.136.